The fourth-order valence-corrected chi connectivity index (χ4v) is 4.08. The molecule has 0 saturated heterocycles. The van der Waals surface area contributed by atoms with Crippen molar-refractivity contribution in [1.82, 2.24) is 0 Å². The number of nitriles is 1. The van der Waals surface area contributed by atoms with E-state index in [2.05, 4.69) is 11.4 Å². The maximum atomic E-state index is 13.6. The Hall–Kier alpha value is -5.14. The van der Waals surface area contributed by atoms with Crippen molar-refractivity contribution in [2.24, 2.45) is 0 Å². The molecule has 4 aromatic carbocycles. The van der Waals surface area contributed by atoms with Crippen molar-refractivity contribution in [2.45, 2.75) is 0 Å². The molecule has 0 aliphatic rings. The Bertz CT molecular complexity index is 1550. The third-order valence-electron chi connectivity index (χ3n) is 5.79. The molecule has 0 aliphatic carbocycles. The standard InChI is InChI=1S/C32H22N2O2/c33-22-28-29(25-17-9-3-10-18-25)30(26-19-11-4-12-20-26)36-32(28)34-31(35)27(24-15-7-2-8-16-24)21-23-13-5-1-6-14-23/h1-21H,(H,34,35)/b27-21-. The normalized spacial score (nSPS) is 11.0. The largest absolute Gasteiger partial charge is 0.438 e. The lowest BCUT2D eigenvalue weighted by Crippen LogP contribution is -2.14. The smallest absolute Gasteiger partial charge is 0.258 e. The number of furan rings is 1. The van der Waals surface area contributed by atoms with Crippen LogP contribution in [0.4, 0.5) is 5.88 Å². The Morgan fingerprint density at radius 2 is 1.25 bits per heavy atom. The number of nitrogens with one attached hydrogen (secondary N) is 1. The number of rotatable bonds is 6. The van der Waals surface area contributed by atoms with Crippen LogP contribution in [0.5, 0.6) is 0 Å². The SMILES string of the molecule is N#Cc1c(NC(=O)/C(=C\c2ccccc2)c2ccccc2)oc(-c2ccccc2)c1-c1ccccc1. The van der Waals surface area contributed by atoms with E-state index in [1.165, 1.54) is 0 Å². The van der Waals surface area contributed by atoms with Gasteiger partial charge in [-0.1, -0.05) is 121 Å². The molecule has 1 N–H and O–H groups in total. The van der Waals surface area contributed by atoms with Crippen LogP contribution in [0.3, 0.4) is 0 Å². The molecular weight excluding hydrogens is 444 g/mol. The number of carbonyl (C=O) groups is 1. The lowest BCUT2D eigenvalue weighted by molar-refractivity contribution is -0.111. The van der Waals surface area contributed by atoms with Crippen LogP contribution in [0, 0.1) is 11.3 Å². The molecule has 0 saturated carbocycles. The van der Waals surface area contributed by atoms with E-state index in [-0.39, 0.29) is 17.4 Å². The summed E-state index contributed by atoms with van der Waals surface area (Å²) < 4.78 is 6.20. The molecule has 1 aromatic heterocycles. The summed E-state index contributed by atoms with van der Waals surface area (Å²) in [6, 6.07) is 40.5. The summed E-state index contributed by atoms with van der Waals surface area (Å²) in [5, 5.41) is 13.0. The second-order valence-electron chi connectivity index (χ2n) is 8.14. The van der Waals surface area contributed by atoms with E-state index in [4.69, 9.17) is 4.42 Å². The molecule has 0 bridgehead atoms. The van der Waals surface area contributed by atoms with Gasteiger partial charge in [0.2, 0.25) is 5.88 Å². The highest BCUT2D eigenvalue weighted by atomic mass is 16.4. The van der Waals surface area contributed by atoms with Crippen molar-refractivity contribution in [1.29, 1.82) is 5.26 Å². The van der Waals surface area contributed by atoms with Crippen LogP contribution in [0.1, 0.15) is 16.7 Å². The average molecular weight is 467 g/mol. The van der Waals surface area contributed by atoms with Crippen LogP contribution in [-0.4, -0.2) is 5.91 Å². The van der Waals surface area contributed by atoms with Crippen molar-refractivity contribution in [3.8, 4) is 28.5 Å². The summed E-state index contributed by atoms with van der Waals surface area (Å²) in [6.07, 6.45) is 1.83. The summed E-state index contributed by atoms with van der Waals surface area (Å²) in [7, 11) is 0. The third kappa shape index (κ3) is 4.72. The van der Waals surface area contributed by atoms with E-state index in [0.29, 0.717) is 16.9 Å². The van der Waals surface area contributed by atoms with Crippen LogP contribution in [0.2, 0.25) is 0 Å². The first kappa shape index (κ1) is 22.6. The number of amides is 1. The maximum absolute atomic E-state index is 13.6. The van der Waals surface area contributed by atoms with Gasteiger partial charge in [0.25, 0.3) is 5.91 Å². The van der Waals surface area contributed by atoms with Crippen molar-refractivity contribution in [2.75, 3.05) is 5.32 Å². The highest BCUT2D eigenvalue weighted by Gasteiger charge is 2.25. The first-order chi connectivity index (χ1) is 17.7. The minimum atomic E-state index is -0.366. The van der Waals surface area contributed by atoms with Crippen molar-refractivity contribution >= 4 is 23.4 Å². The Morgan fingerprint density at radius 3 is 1.83 bits per heavy atom. The van der Waals surface area contributed by atoms with Gasteiger partial charge in [0.15, 0.2) is 0 Å². The van der Waals surface area contributed by atoms with E-state index in [0.717, 1.165) is 22.3 Å². The number of benzene rings is 4. The number of carbonyl (C=O) groups excluding carboxylic acids is 1. The van der Waals surface area contributed by atoms with Gasteiger partial charge < -0.3 is 4.42 Å². The first-order valence-electron chi connectivity index (χ1n) is 11.6. The van der Waals surface area contributed by atoms with Gasteiger partial charge >= 0.3 is 0 Å². The van der Waals surface area contributed by atoms with Gasteiger partial charge in [-0.25, -0.2) is 0 Å². The van der Waals surface area contributed by atoms with Gasteiger partial charge in [-0.05, 0) is 22.8 Å². The zero-order valence-corrected chi connectivity index (χ0v) is 19.4. The van der Waals surface area contributed by atoms with Gasteiger partial charge in [0.1, 0.15) is 17.4 Å². The monoisotopic (exact) mass is 466 g/mol. The molecule has 5 rings (SSSR count). The fourth-order valence-electron chi connectivity index (χ4n) is 4.08. The molecule has 0 fully saturated rings. The van der Waals surface area contributed by atoms with Gasteiger partial charge in [-0.3, -0.25) is 10.1 Å². The average Bonchev–Trinajstić information content (AvgIpc) is 3.31. The lowest BCUT2D eigenvalue weighted by atomic mass is 9.98. The van der Waals surface area contributed by atoms with E-state index in [1.807, 2.05) is 127 Å². The molecule has 0 unspecified atom stereocenters. The lowest BCUT2D eigenvalue weighted by Gasteiger charge is -2.09. The third-order valence-corrected chi connectivity index (χ3v) is 5.79. The second-order valence-corrected chi connectivity index (χ2v) is 8.14. The quantitative estimate of drug-likeness (QED) is 0.206. The minimum absolute atomic E-state index is 0.120. The Kier molecular flexibility index (Phi) is 6.55. The molecule has 0 spiro atoms. The first-order valence-corrected chi connectivity index (χ1v) is 11.6. The number of anilines is 1. The molecule has 4 heteroatoms. The summed E-state index contributed by atoms with van der Waals surface area (Å²) in [6.45, 7) is 0. The minimum Gasteiger partial charge on any atom is -0.438 e. The van der Waals surface area contributed by atoms with Gasteiger partial charge in [-0.15, -0.1) is 0 Å². The van der Waals surface area contributed by atoms with Crippen LogP contribution in [-0.2, 0) is 4.79 Å². The maximum Gasteiger partial charge on any atom is 0.258 e. The number of hydrogen-bond donors (Lipinski definition) is 1. The Labute approximate surface area is 209 Å². The number of hydrogen-bond acceptors (Lipinski definition) is 3. The molecule has 0 atom stereocenters. The van der Waals surface area contributed by atoms with Gasteiger partial charge in [0.05, 0.1) is 0 Å². The molecule has 5 aromatic rings. The van der Waals surface area contributed by atoms with Crippen LogP contribution in [0.15, 0.2) is 126 Å². The molecule has 0 radical (unpaired) electrons. The van der Waals surface area contributed by atoms with Crippen molar-refractivity contribution in [3.63, 3.8) is 0 Å². The zero-order chi connectivity index (χ0) is 24.7. The Morgan fingerprint density at radius 1 is 0.722 bits per heavy atom. The summed E-state index contributed by atoms with van der Waals surface area (Å²) in [5.74, 6) is 0.284. The molecule has 36 heavy (non-hydrogen) atoms. The van der Waals surface area contributed by atoms with Crippen LogP contribution >= 0.6 is 0 Å². The second kappa shape index (κ2) is 10.4. The molecule has 0 aliphatic heterocycles. The molecule has 1 amide bonds. The number of nitrogens with zero attached hydrogens (tertiary/aromatic N) is 1. The summed E-state index contributed by atoms with van der Waals surface area (Å²) in [5.41, 5.74) is 4.69. The molecular formula is C32H22N2O2. The van der Waals surface area contributed by atoms with Crippen LogP contribution in [0.25, 0.3) is 34.1 Å². The van der Waals surface area contributed by atoms with E-state index < -0.39 is 0 Å². The van der Waals surface area contributed by atoms with Crippen LogP contribution < -0.4 is 5.32 Å². The molecule has 1 heterocycles. The van der Waals surface area contributed by atoms with Gasteiger partial charge in [-0.2, -0.15) is 5.26 Å². The summed E-state index contributed by atoms with van der Waals surface area (Å²) in [4.78, 5) is 13.6. The predicted molar refractivity (Wildman–Crippen MR) is 144 cm³/mol. The highest BCUT2D eigenvalue weighted by molar-refractivity contribution is 6.29. The van der Waals surface area contributed by atoms with Crippen molar-refractivity contribution in [3.05, 3.63) is 138 Å². The van der Waals surface area contributed by atoms with E-state index in [1.54, 1.807) is 0 Å². The zero-order valence-electron chi connectivity index (χ0n) is 19.4. The van der Waals surface area contributed by atoms with Crippen molar-refractivity contribution < 1.29 is 9.21 Å². The predicted octanol–water partition coefficient (Wildman–Crippen LogP) is 7.66. The van der Waals surface area contributed by atoms with E-state index in [9.17, 15) is 10.1 Å². The molecule has 172 valence electrons. The highest BCUT2D eigenvalue weighted by Crippen LogP contribution is 2.41. The van der Waals surface area contributed by atoms with E-state index >= 15 is 0 Å². The fraction of sp³-hybridized carbons (Fsp3) is 0. The van der Waals surface area contributed by atoms with Gasteiger partial charge in [0, 0.05) is 16.7 Å². The summed E-state index contributed by atoms with van der Waals surface area (Å²) >= 11 is 0. The topological polar surface area (TPSA) is 66.0 Å². The Balaban J connectivity index is 1.61. The molecule has 4 nitrogen and oxygen atoms in total.